The van der Waals surface area contributed by atoms with Gasteiger partial charge in [0.1, 0.15) is 22.9 Å². The zero-order valence-corrected chi connectivity index (χ0v) is 12.8. The van der Waals surface area contributed by atoms with Gasteiger partial charge in [-0.15, -0.1) is 0 Å². The Kier molecular flexibility index (Phi) is 3.14. The molecular weight excluding hydrogens is 318 g/mol. The van der Waals surface area contributed by atoms with Crippen molar-refractivity contribution in [3.05, 3.63) is 46.6 Å². The number of aromatic nitrogens is 2. The maximum absolute atomic E-state index is 6.22. The number of pyridine rings is 1. The van der Waals surface area contributed by atoms with Crippen molar-refractivity contribution in [2.24, 2.45) is 0 Å². The van der Waals surface area contributed by atoms with Crippen LogP contribution in [0.4, 0.5) is 5.82 Å². The van der Waals surface area contributed by atoms with E-state index in [1.807, 2.05) is 47.9 Å². The third kappa shape index (κ3) is 2.04. The van der Waals surface area contributed by atoms with E-state index in [4.69, 9.17) is 10.5 Å². The minimum absolute atomic E-state index is 0.619. The SMILES string of the molecule is COc1cccc(-c2nc3cc(C)c(Br)cn3c2N)c1. The number of hydrogen-bond donors (Lipinski definition) is 1. The summed E-state index contributed by atoms with van der Waals surface area (Å²) in [5.41, 5.74) is 9.89. The second-order valence-corrected chi connectivity index (χ2v) is 5.46. The minimum atomic E-state index is 0.619. The van der Waals surface area contributed by atoms with Crippen molar-refractivity contribution < 1.29 is 4.74 Å². The molecule has 0 amide bonds. The van der Waals surface area contributed by atoms with E-state index < -0.39 is 0 Å². The Hall–Kier alpha value is -2.01. The molecule has 0 atom stereocenters. The molecule has 5 heteroatoms. The molecule has 0 saturated heterocycles. The van der Waals surface area contributed by atoms with Crippen molar-refractivity contribution >= 4 is 27.4 Å². The largest absolute Gasteiger partial charge is 0.497 e. The third-order valence-corrected chi connectivity index (χ3v) is 4.11. The molecule has 0 fully saturated rings. The topological polar surface area (TPSA) is 52.5 Å². The van der Waals surface area contributed by atoms with Crippen molar-refractivity contribution in [3.63, 3.8) is 0 Å². The first-order valence-corrected chi connectivity index (χ1v) is 6.97. The summed E-state index contributed by atoms with van der Waals surface area (Å²) < 4.78 is 8.13. The summed E-state index contributed by atoms with van der Waals surface area (Å²) in [5.74, 6) is 1.41. The molecule has 0 spiro atoms. The van der Waals surface area contributed by atoms with E-state index in [1.165, 1.54) is 0 Å². The van der Waals surface area contributed by atoms with Gasteiger partial charge in [0.2, 0.25) is 0 Å². The van der Waals surface area contributed by atoms with Gasteiger partial charge in [-0.25, -0.2) is 4.98 Å². The first-order valence-electron chi connectivity index (χ1n) is 6.18. The molecule has 2 N–H and O–H groups in total. The number of benzene rings is 1. The molecule has 0 bridgehead atoms. The lowest BCUT2D eigenvalue weighted by atomic mass is 10.1. The third-order valence-electron chi connectivity index (χ3n) is 3.28. The number of methoxy groups -OCH3 is 1. The number of halogens is 1. The number of nitrogens with two attached hydrogens (primary N) is 1. The van der Waals surface area contributed by atoms with E-state index in [2.05, 4.69) is 20.9 Å². The molecule has 20 heavy (non-hydrogen) atoms. The average molecular weight is 332 g/mol. The standard InChI is InChI=1S/C15H14BrN3O/c1-9-6-13-18-14(15(17)19(13)8-12(9)16)10-4-3-5-11(7-10)20-2/h3-8H,17H2,1-2H3. The highest BCUT2D eigenvalue weighted by Crippen LogP contribution is 2.30. The zero-order valence-electron chi connectivity index (χ0n) is 11.2. The van der Waals surface area contributed by atoms with Crippen LogP contribution in [0.5, 0.6) is 5.75 Å². The van der Waals surface area contributed by atoms with E-state index in [-0.39, 0.29) is 0 Å². The lowest BCUT2D eigenvalue weighted by Gasteiger charge is -2.03. The van der Waals surface area contributed by atoms with Gasteiger partial charge in [-0.1, -0.05) is 12.1 Å². The minimum Gasteiger partial charge on any atom is -0.497 e. The van der Waals surface area contributed by atoms with Crippen LogP contribution in [0.15, 0.2) is 41.0 Å². The fourth-order valence-electron chi connectivity index (χ4n) is 2.16. The van der Waals surface area contributed by atoms with Gasteiger partial charge < -0.3 is 10.5 Å². The van der Waals surface area contributed by atoms with E-state index >= 15 is 0 Å². The lowest BCUT2D eigenvalue weighted by molar-refractivity contribution is 0.415. The van der Waals surface area contributed by atoms with Crippen molar-refractivity contribution in [1.29, 1.82) is 0 Å². The maximum Gasteiger partial charge on any atom is 0.139 e. The molecule has 0 radical (unpaired) electrons. The second kappa shape index (κ2) is 4.83. The van der Waals surface area contributed by atoms with Crippen LogP contribution < -0.4 is 10.5 Å². The fraction of sp³-hybridized carbons (Fsp3) is 0.133. The van der Waals surface area contributed by atoms with E-state index in [9.17, 15) is 0 Å². The Bertz CT molecular complexity index is 795. The number of aryl methyl sites for hydroxylation is 1. The van der Waals surface area contributed by atoms with Crippen molar-refractivity contribution in [2.75, 3.05) is 12.8 Å². The van der Waals surface area contributed by atoms with Crippen LogP contribution >= 0.6 is 15.9 Å². The van der Waals surface area contributed by atoms with Crippen molar-refractivity contribution in [3.8, 4) is 17.0 Å². The molecule has 0 saturated carbocycles. The summed E-state index contributed by atoms with van der Waals surface area (Å²) in [7, 11) is 1.65. The number of nitrogen functional groups attached to an aromatic ring is 1. The number of imidazole rings is 1. The number of fused-ring (bicyclic) bond motifs is 1. The Morgan fingerprint density at radius 2 is 2.10 bits per heavy atom. The molecule has 2 heterocycles. The summed E-state index contributed by atoms with van der Waals surface area (Å²) in [6, 6.07) is 9.74. The van der Waals surface area contributed by atoms with Crippen LogP contribution in [0.1, 0.15) is 5.56 Å². The van der Waals surface area contributed by atoms with Gasteiger partial charge >= 0.3 is 0 Å². The van der Waals surface area contributed by atoms with Crippen LogP contribution in [0, 0.1) is 6.92 Å². The molecule has 0 unspecified atom stereocenters. The molecule has 102 valence electrons. The highest BCUT2D eigenvalue weighted by atomic mass is 79.9. The van der Waals surface area contributed by atoms with E-state index in [1.54, 1.807) is 7.11 Å². The highest BCUT2D eigenvalue weighted by Gasteiger charge is 2.13. The van der Waals surface area contributed by atoms with Gasteiger partial charge in [0.05, 0.1) is 7.11 Å². The quantitative estimate of drug-likeness (QED) is 0.779. The zero-order chi connectivity index (χ0) is 14.3. The number of rotatable bonds is 2. The maximum atomic E-state index is 6.22. The number of ether oxygens (including phenoxy) is 1. The summed E-state index contributed by atoms with van der Waals surface area (Å²) >= 11 is 3.51. The predicted molar refractivity (Wildman–Crippen MR) is 84.0 cm³/mol. The molecule has 0 aliphatic rings. The highest BCUT2D eigenvalue weighted by molar-refractivity contribution is 9.10. The van der Waals surface area contributed by atoms with Crippen LogP contribution in [0.2, 0.25) is 0 Å². The van der Waals surface area contributed by atoms with Gasteiger partial charge in [-0.05, 0) is 46.6 Å². The molecular formula is C15H14BrN3O. The van der Waals surface area contributed by atoms with Crippen molar-refractivity contribution in [2.45, 2.75) is 6.92 Å². The molecule has 3 aromatic rings. The predicted octanol–water partition coefficient (Wildman–Crippen LogP) is 3.66. The summed E-state index contributed by atoms with van der Waals surface area (Å²) in [4.78, 5) is 4.62. The molecule has 0 aliphatic carbocycles. The Morgan fingerprint density at radius 1 is 1.30 bits per heavy atom. The second-order valence-electron chi connectivity index (χ2n) is 4.61. The Balaban J connectivity index is 2.23. The van der Waals surface area contributed by atoms with Gasteiger partial charge in [0.15, 0.2) is 0 Å². The van der Waals surface area contributed by atoms with Gasteiger partial charge in [0.25, 0.3) is 0 Å². The monoisotopic (exact) mass is 331 g/mol. The summed E-state index contributed by atoms with van der Waals surface area (Å²) in [5, 5.41) is 0. The summed E-state index contributed by atoms with van der Waals surface area (Å²) in [6.07, 6.45) is 1.94. The molecule has 1 aromatic carbocycles. The van der Waals surface area contributed by atoms with Crippen LogP contribution in [-0.4, -0.2) is 16.5 Å². The van der Waals surface area contributed by atoms with Crippen LogP contribution in [0.25, 0.3) is 16.9 Å². The smallest absolute Gasteiger partial charge is 0.139 e. The van der Waals surface area contributed by atoms with Gasteiger partial charge in [-0.3, -0.25) is 4.40 Å². The number of hydrogen-bond acceptors (Lipinski definition) is 3. The first kappa shape index (κ1) is 13.0. The van der Waals surface area contributed by atoms with Crippen LogP contribution in [0.3, 0.4) is 0 Å². The molecule has 0 aliphatic heterocycles. The van der Waals surface area contributed by atoms with Crippen LogP contribution in [-0.2, 0) is 0 Å². The van der Waals surface area contributed by atoms with Crippen molar-refractivity contribution in [1.82, 2.24) is 9.38 Å². The van der Waals surface area contributed by atoms with Gasteiger partial charge in [0, 0.05) is 16.2 Å². The van der Waals surface area contributed by atoms with E-state index in [0.717, 1.165) is 32.7 Å². The molecule has 3 rings (SSSR count). The fourth-order valence-corrected chi connectivity index (χ4v) is 2.48. The lowest BCUT2D eigenvalue weighted by Crippen LogP contribution is -1.95. The normalized spacial score (nSPS) is 10.9. The summed E-state index contributed by atoms with van der Waals surface area (Å²) in [6.45, 7) is 2.03. The Labute approximate surface area is 125 Å². The Morgan fingerprint density at radius 3 is 2.85 bits per heavy atom. The molecule has 2 aromatic heterocycles. The average Bonchev–Trinajstić information content (AvgIpc) is 2.77. The van der Waals surface area contributed by atoms with E-state index in [0.29, 0.717) is 5.82 Å². The first-order chi connectivity index (χ1) is 9.60. The number of nitrogens with zero attached hydrogens (tertiary/aromatic N) is 2. The molecule has 4 nitrogen and oxygen atoms in total. The van der Waals surface area contributed by atoms with Gasteiger partial charge in [-0.2, -0.15) is 0 Å². The number of anilines is 1.